The Morgan fingerprint density at radius 2 is 1.79 bits per heavy atom. The van der Waals surface area contributed by atoms with Crippen LogP contribution >= 0.6 is 0 Å². The van der Waals surface area contributed by atoms with Crippen molar-refractivity contribution in [2.24, 2.45) is 0 Å². The van der Waals surface area contributed by atoms with Gasteiger partial charge in [-0.25, -0.2) is 0 Å². The van der Waals surface area contributed by atoms with Crippen molar-refractivity contribution in [1.82, 2.24) is 15.5 Å². The van der Waals surface area contributed by atoms with Crippen molar-refractivity contribution in [2.45, 2.75) is 26.8 Å². The van der Waals surface area contributed by atoms with Gasteiger partial charge in [-0.05, 0) is 36.2 Å². The Bertz CT molecular complexity index is 932. The summed E-state index contributed by atoms with van der Waals surface area (Å²) in [6.45, 7) is 4.91. The van der Waals surface area contributed by atoms with Gasteiger partial charge in [-0.3, -0.25) is 9.89 Å². The first-order chi connectivity index (χ1) is 13.6. The van der Waals surface area contributed by atoms with Crippen molar-refractivity contribution in [3.8, 4) is 34.0 Å². The zero-order valence-corrected chi connectivity index (χ0v) is 16.4. The molecule has 2 N–H and O–H groups in total. The summed E-state index contributed by atoms with van der Waals surface area (Å²) < 4.78 is 11.0. The molecule has 2 aromatic carbocycles. The average molecular weight is 379 g/mol. The predicted octanol–water partition coefficient (Wildman–Crippen LogP) is 4.18. The SMILES string of the molecule is CCOc1cc(OC)cc(-c2cc(-c3ccc(CNC(=O)CC)cc3)[nH]n2)c1. The van der Waals surface area contributed by atoms with Crippen LogP contribution in [0, 0.1) is 0 Å². The maximum absolute atomic E-state index is 11.4. The van der Waals surface area contributed by atoms with Crippen LogP contribution in [0.4, 0.5) is 0 Å². The Morgan fingerprint density at radius 3 is 2.46 bits per heavy atom. The van der Waals surface area contributed by atoms with Gasteiger partial charge in [0.15, 0.2) is 0 Å². The molecule has 0 unspecified atom stereocenters. The number of carbonyl (C=O) groups is 1. The van der Waals surface area contributed by atoms with Crippen molar-refractivity contribution < 1.29 is 14.3 Å². The number of carbonyl (C=O) groups excluding carboxylic acids is 1. The molecule has 1 amide bonds. The third-order valence-electron chi connectivity index (χ3n) is 4.38. The topological polar surface area (TPSA) is 76.2 Å². The van der Waals surface area contributed by atoms with Gasteiger partial charge in [-0.2, -0.15) is 5.10 Å². The van der Waals surface area contributed by atoms with Crippen LogP contribution < -0.4 is 14.8 Å². The first kappa shape index (κ1) is 19.5. The van der Waals surface area contributed by atoms with Crippen LogP contribution in [0.15, 0.2) is 48.5 Å². The molecule has 0 bridgehead atoms. The number of H-pyrrole nitrogens is 1. The molecule has 0 saturated carbocycles. The summed E-state index contributed by atoms with van der Waals surface area (Å²) >= 11 is 0. The van der Waals surface area contributed by atoms with E-state index in [1.807, 2.05) is 62.4 Å². The number of nitrogens with zero attached hydrogens (tertiary/aromatic N) is 1. The van der Waals surface area contributed by atoms with E-state index in [0.717, 1.165) is 39.6 Å². The summed E-state index contributed by atoms with van der Waals surface area (Å²) in [5, 5.41) is 10.4. The van der Waals surface area contributed by atoms with Crippen molar-refractivity contribution in [1.29, 1.82) is 0 Å². The number of aromatic amines is 1. The zero-order chi connectivity index (χ0) is 19.9. The van der Waals surface area contributed by atoms with Crippen LogP contribution in [0.2, 0.25) is 0 Å². The van der Waals surface area contributed by atoms with Crippen molar-refractivity contribution in [3.63, 3.8) is 0 Å². The van der Waals surface area contributed by atoms with E-state index >= 15 is 0 Å². The number of methoxy groups -OCH3 is 1. The first-order valence-electron chi connectivity index (χ1n) is 9.36. The lowest BCUT2D eigenvalue weighted by molar-refractivity contribution is -0.120. The molecular weight excluding hydrogens is 354 g/mol. The molecular formula is C22H25N3O3. The van der Waals surface area contributed by atoms with E-state index in [2.05, 4.69) is 15.5 Å². The van der Waals surface area contributed by atoms with Gasteiger partial charge in [0.2, 0.25) is 5.91 Å². The van der Waals surface area contributed by atoms with Crippen molar-refractivity contribution in [3.05, 3.63) is 54.1 Å². The lowest BCUT2D eigenvalue weighted by Crippen LogP contribution is -2.21. The molecule has 146 valence electrons. The standard InChI is InChI=1S/C22H25N3O3/c1-4-22(26)23-14-15-6-8-16(9-7-15)20-13-21(25-24-20)17-10-18(27-3)12-19(11-17)28-5-2/h6-13H,4-5,14H2,1-3H3,(H,23,26)(H,24,25). The number of aromatic nitrogens is 2. The highest BCUT2D eigenvalue weighted by Gasteiger charge is 2.10. The Morgan fingerprint density at radius 1 is 1.04 bits per heavy atom. The van der Waals surface area contributed by atoms with E-state index in [1.165, 1.54) is 0 Å². The van der Waals surface area contributed by atoms with Gasteiger partial charge in [0, 0.05) is 24.6 Å². The van der Waals surface area contributed by atoms with Crippen LogP contribution in [-0.2, 0) is 11.3 Å². The Kier molecular flexibility index (Phi) is 6.32. The van der Waals surface area contributed by atoms with Gasteiger partial charge in [0.1, 0.15) is 11.5 Å². The second-order valence-electron chi connectivity index (χ2n) is 6.32. The predicted molar refractivity (Wildman–Crippen MR) is 109 cm³/mol. The molecule has 28 heavy (non-hydrogen) atoms. The molecule has 0 spiro atoms. The second kappa shape index (κ2) is 9.08. The summed E-state index contributed by atoms with van der Waals surface area (Å²) in [7, 11) is 1.63. The van der Waals surface area contributed by atoms with E-state index in [1.54, 1.807) is 7.11 Å². The highest BCUT2D eigenvalue weighted by atomic mass is 16.5. The number of ether oxygens (including phenoxy) is 2. The van der Waals surface area contributed by atoms with Crippen LogP contribution in [0.3, 0.4) is 0 Å². The molecule has 0 fully saturated rings. The molecule has 0 aliphatic rings. The maximum atomic E-state index is 11.4. The van der Waals surface area contributed by atoms with Gasteiger partial charge >= 0.3 is 0 Å². The van der Waals surface area contributed by atoms with E-state index in [0.29, 0.717) is 19.6 Å². The summed E-state index contributed by atoms with van der Waals surface area (Å²) in [6.07, 6.45) is 0.490. The quantitative estimate of drug-likeness (QED) is 0.616. The summed E-state index contributed by atoms with van der Waals surface area (Å²) in [5.41, 5.74) is 4.73. The maximum Gasteiger partial charge on any atom is 0.219 e. The monoisotopic (exact) mass is 379 g/mol. The van der Waals surface area contributed by atoms with Crippen LogP contribution in [-0.4, -0.2) is 29.8 Å². The number of hydrogen-bond donors (Lipinski definition) is 2. The van der Waals surface area contributed by atoms with E-state index in [9.17, 15) is 4.79 Å². The normalized spacial score (nSPS) is 10.5. The molecule has 3 rings (SSSR count). The fourth-order valence-corrected chi connectivity index (χ4v) is 2.83. The minimum absolute atomic E-state index is 0.0481. The van der Waals surface area contributed by atoms with Gasteiger partial charge in [-0.15, -0.1) is 0 Å². The molecule has 1 heterocycles. The summed E-state index contributed by atoms with van der Waals surface area (Å²) in [5.74, 6) is 1.52. The molecule has 6 nitrogen and oxygen atoms in total. The zero-order valence-electron chi connectivity index (χ0n) is 16.4. The molecule has 0 aliphatic heterocycles. The van der Waals surface area contributed by atoms with Crippen LogP contribution in [0.25, 0.3) is 22.5 Å². The van der Waals surface area contributed by atoms with Crippen molar-refractivity contribution >= 4 is 5.91 Å². The number of nitrogens with one attached hydrogen (secondary N) is 2. The number of hydrogen-bond acceptors (Lipinski definition) is 4. The van der Waals surface area contributed by atoms with Gasteiger partial charge in [-0.1, -0.05) is 31.2 Å². The minimum atomic E-state index is 0.0481. The van der Waals surface area contributed by atoms with Gasteiger partial charge < -0.3 is 14.8 Å². The van der Waals surface area contributed by atoms with Crippen molar-refractivity contribution in [2.75, 3.05) is 13.7 Å². The second-order valence-corrected chi connectivity index (χ2v) is 6.32. The van der Waals surface area contributed by atoms with Gasteiger partial charge in [0.05, 0.1) is 25.1 Å². The molecule has 0 saturated heterocycles. The number of rotatable bonds is 8. The Balaban J connectivity index is 1.78. The van der Waals surface area contributed by atoms with Crippen LogP contribution in [0.5, 0.6) is 11.5 Å². The fraction of sp³-hybridized carbons (Fsp3) is 0.273. The summed E-state index contributed by atoms with van der Waals surface area (Å²) in [4.78, 5) is 11.4. The molecule has 0 aliphatic carbocycles. The van der Waals surface area contributed by atoms with Crippen LogP contribution in [0.1, 0.15) is 25.8 Å². The fourth-order valence-electron chi connectivity index (χ4n) is 2.83. The molecule has 1 aromatic heterocycles. The average Bonchev–Trinajstić information content (AvgIpc) is 3.22. The van der Waals surface area contributed by atoms with E-state index < -0.39 is 0 Å². The van der Waals surface area contributed by atoms with E-state index in [-0.39, 0.29) is 5.91 Å². The van der Waals surface area contributed by atoms with E-state index in [4.69, 9.17) is 9.47 Å². The third kappa shape index (κ3) is 4.71. The largest absolute Gasteiger partial charge is 0.497 e. The highest BCUT2D eigenvalue weighted by molar-refractivity contribution is 5.75. The lowest BCUT2D eigenvalue weighted by atomic mass is 10.1. The number of amides is 1. The molecule has 0 atom stereocenters. The highest BCUT2D eigenvalue weighted by Crippen LogP contribution is 2.31. The Hall–Kier alpha value is -3.28. The first-order valence-corrected chi connectivity index (χ1v) is 9.36. The summed E-state index contributed by atoms with van der Waals surface area (Å²) in [6, 6.07) is 15.8. The lowest BCUT2D eigenvalue weighted by Gasteiger charge is -2.08. The number of benzene rings is 2. The molecule has 0 radical (unpaired) electrons. The third-order valence-corrected chi connectivity index (χ3v) is 4.38. The minimum Gasteiger partial charge on any atom is -0.497 e. The smallest absolute Gasteiger partial charge is 0.219 e. The Labute approximate surface area is 164 Å². The molecule has 6 heteroatoms. The van der Waals surface area contributed by atoms with Gasteiger partial charge in [0.25, 0.3) is 0 Å². The molecule has 3 aromatic rings.